The molecule has 1 amide bonds. The molecule has 0 aromatic carbocycles. The van der Waals surface area contributed by atoms with Gasteiger partial charge in [-0.3, -0.25) is 4.79 Å². The highest BCUT2D eigenvalue weighted by Gasteiger charge is 2.29. The van der Waals surface area contributed by atoms with Gasteiger partial charge in [0, 0.05) is 31.1 Å². The van der Waals surface area contributed by atoms with Gasteiger partial charge in [0.15, 0.2) is 0 Å². The summed E-state index contributed by atoms with van der Waals surface area (Å²) in [5, 5.41) is 3.05. The standard InChI is InChI=1S/C14H29N3O/c1-10(2)17(4)8-7-16-14(18)12-5-6-13(15)11(3)9-12/h10-13H,5-9,15H2,1-4H3,(H,16,18). The van der Waals surface area contributed by atoms with Crippen molar-refractivity contribution >= 4 is 5.91 Å². The summed E-state index contributed by atoms with van der Waals surface area (Å²) < 4.78 is 0. The predicted molar refractivity (Wildman–Crippen MR) is 75.3 cm³/mol. The molecular weight excluding hydrogens is 226 g/mol. The maximum atomic E-state index is 12.0. The Morgan fingerprint density at radius 2 is 2.11 bits per heavy atom. The van der Waals surface area contributed by atoms with Crippen LogP contribution >= 0.6 is 0 Å². The molecule has 1 fully saturated rings. The van der Waals surface area contributed by atoms with Crippen molar-refractivity contribution in [2.45, 2.75) is 52.1 Å². The lowest BCUT2D eigenvalue weighted by atomic mass is 9.79. The molecule has 3 atom stereocenters. The van der Waals surface area contributed by atoms with Gasteiger partial charge in [-0.15, -0.1) is 0 Å². The van der Waals surface area contributed by atoms with Crippen LogP contribution in [0.15, 0.2) is 0 Å². The Balaban J connectivity index is 2.25. The first-order valence-corrected chi connectivity index (χ1v) is 7.15. The fourth-order valence-electron chi connectivity index (χ4n) is 2.42. The average molecular weight is 255 g/mol. The van der Waals surface area contributed by atoms with E-state index < -0.39 is 0 Å². The summed E-state index contributed by atoms with van der Waals surface area (Å²) in [5.41, 5.74) is 5.98. The molecule has 106 valence electrons. The monoisotopic (exact) mass is 255 g/mol. The van der Waals surface area contributed by atoms with Gasteiger partial charge in [-0.05, 0) is 46.1 Å². The molecule has 0 aliphatic heterocycles. The van der Waals surface area contributed by atoms with E-state index in [0.29, 0.717) is 12.0 Å². The third-order valence-corrected chi connectivity index (χ3v) is 4.25. The molecule has 0 saturated heterocycles. The maximum absolute atomic E-state index is 12.0. The molecule has 0 radical (unpaired) electrons. The van der Waals surface area contributed by atoms with Crippen LogP contribution in [0, 0.1) is 11.8 Å². The lowest BCUT2D eigenvalue weighted by Gasteiger charge is -2.31. The topological polar surface area (TPSA) is 58.4 Å². The van der Waals surface area contributed by atoms with Crippen LogP contribution < -0.4 is 11.1 Å². The highest BCUT2D eigenvalue weighted by atomic mass is 16.1. The Labute approximate surface area is 111 Å². The number of carbonyl (C=O) groups is 1. The zero-order valence-corrected chi connectivity index (χ0v) is 12.3. The van der Waals surface area contributed by atoms with E-state index in [1.54, 1.807) is 0 Å². The van der Waals surface area contributed by atoms with Gasteiger partial charge in [0.1, 0.15) is 0 Å². The van der Waals surface area contributed by atoms with Gasteiger partial charge < -0.3 is 16.0 Å². The van der Waals surface area contributed by atoms with Crippen LogP contribution in [0.25, 0.3) is 0 Å². The Hall–Kier alpha value is -0.610. The molecule has 4 nitrogen and oxygen atoms in total. The van der Waals surface area contributed by atoms with Gasteiger partial charge in [-0.2, -0.15) is 0 Å². The quantitative estimate of drug-likeness (QED) is 0.776. The number of nitrogens with one attached hydrogen (secondary N) is 1. The van der Waals surface area contributed by atoms with Crippen molar-refractivity contribution in [3.05, 3.63) is 0 Å². The molecule has 4 heteroatoms. The van der Waals surface area contributed by atoms with Gasteiger partial charge >= 0.3 is 0 Å². The summed E-state index contributed by atoms with van der Waals surface area (Å²) in [5.74, 6) is 0.850. The molecule has 18 heavy (non-hydrogen) atoms. The number of hydrogen-bond acceptors (Lipinski definition) is 3. The molecule has 1 rings (SSSR count). The second kappa shape index (κ2) is 7.10. The Bertz CT molecular complexity index is 268. The van der Waals surface area contributed by atoms with Gasteiger partial charge in [0.05, 0.1) is 0 Å². The maximum Gasteiger partial charge on any atom is 0.223 e. The number of hydrogen-bond donors (Lipinski definition) is 2. The molecule has 1 aliphatic rings. The van der Waals surface area contributed by atoms with Crippen molar-refractivity contribution in [1.82, 2.24) is 10.2 Å². The summed E-state index contributed by atoms with van der Waals surface area (Å²) in [7, 11) is 2.08. The molecular formula is C14H29N3O. The number of amides is 1. The molecule has 1 saturated carbocycles. The summed E-state index contributed by atoms with van der Waals surface area (Å²) in [6.07, 6.45) is 2.86. The van der Waals surface area contributed by atoms with Crippen LogP contribution in [0.2, 0.25) is 0 Å². The number of nitrogens with two attached hydrogens (primary N) is 1. The molecule has 3 unspecified atom stereocenters. The average Bonchev–Trinajstić information content (AvgIpc) is 2.32. The lowest BCUT2D eigenvalue weighted by molar-refractivity contribution is -0.126. The van der Waals surface area contributed by atoms with E-state index in [4.69, 9.17) is 5.73 Å². The van der Waals surface area contributed by atoms with Crippen LogP contribution in [0.1, 0.15) is 40.0 Å². The van der Waals surface area contributed by atoms with Crippen molar-refractivity contribution in [3.8, 4) is 0 Å². The van der Waals surface area contributed by atoms with Gasteiger partial charge in [0.25, 0.3) is 0 Å². The minimum absolute atomic E-state index is 0.171. The van der Waals surface area contributed by atoms with Crippen molar-refractivity contribution < 1.29 is 4.79 Å². The lowest BCUT2D eigenvalue weighted by Crippen LogP contribution is -2.42. The largest absolute Gasteiger partial charge is 0.355 e. The number of carbonyl (C=O) groups excluding carboxylic acids is 1. The van der Waals surface area contributed by atoms with E-state index in [1.165, 1.54) is 0 Å². The Morgan fingerprint density at radius 1 is 1.44 bits per heavy atom. The van der Waals surface area contributed by atoms with Crippen molar-refractivity contribution in [1.29, 1.82) is 0 Å². The summed E-state index contributed by atoms with van der Waals surface area (Å²) >= 11 is 0. The van der Waals surface area contributed by atoms with Crippen LogP contribution in [-0.4, -0.2) is 43.0 Å². The summed E-state index contributed by atoms with van der Waals surface area (Å²) in [4.78, 5) is 14.3. The molecule has 0 aromatic heterocycles. The molecule has 3 N–H and O–H groups in total. The van der Waals surface area contributed by atoms with E-state index in [9.17, 15) is 4.79 Å². The molecule has 0 spiro atoms. The highest BCUT2D eigenvalue weighted by molar-refractivity contribution is 5.78. The first kappa shape index (κ1) is 15.4. The first-order valence-electron chi connectivity index (χ1n) is 7.15. The number of likely N-dealkylation sites (N-methyl/N-ethyl adjacent to an activating group) is 1. The zero-order valence-electron chi connectivity index (χ0n) is 12.3. The second-order valence-electron chi connectivity index (χ2n) is 6.02. The Morgan fingerprint density at radius 3 is 2.67 bits per heavy atom. The first-order chi connectivity index (χ1) is 8.41. The smallest absolute Gasteiger partial charge is 0.223 e. The van der Waals surface area contributed by atoms with Crippen molar-refractivity contribution in [3.63, 3.8) is 0 Å². The summed E-state index contributed by atoms with van der Waals surface area (Å²) in [6, 6.07) is 0.802. The van der Waals surface area contributed by atoms with Crippen molar-refractivity contribution in [2.75, 3.05) is 20.1 Å². The predicted octanol–water partition coefficient (Wildman–Crippen LogP) is 1.21. The van der Waals surface area contributed by atoms with E-state index in [-0.39, 0.29) is 17.9 Å². The fraction of sp³-hybridized carbons (Fsp3) is 0.929. The van der Waals surface area contributed by atoms with Crippen LogP contribution in [-0.2, 0) is 4.79 Å². The second-order valence-corrected chi connectivity index (χ2v) is 6.02. The van der Waals surface area contributed by atoms with Crippen molar-refractivity contribution in [2.24, 2.45) is 17.6 Å². The van der Waals surface area contributed by atoms with E-state index in [0.717, 1.165) is 32.4 Å². The normalized spacial score (nSPS) is 28.7. The minimum atomic E-state index is 0.171. The van der Waals surface area contributed by atoms with Gasteiger partial charge in [-0.1, -0.05) is 6.92 Å². The van der Waals surface area contributed by atoms with Gasteiger partial charge in [-0.25, -0.2) is 0 Å². The van der Waals surface area contributed by atoms with E-state index in [2.05, 4.69) is 38.0 Å². The van der Waals surface area contributed by atoms with E-state index >= 15 is 0 Å². The van der Waals surface area contributed by atoms with E-state index in [1.807, 2.05) is 0 Å². The third-order valence-electron chi connectivity index (χ3n) is 4.25. The zero-order chi connectivity index (χ0) is 13.7. The summed E-state index contributed by atoms with van der Waals surface area (Å²) in [6.45, 7) is 8.12. The molecule has 0 heterocycles. The number of rotatable bonds is 5. The molecule has 0 bridgehead atoms. The molecule has 1 aliphatic carbocycles. The third kappa shape index (κ3) is 4.58. The Kier molecular flexibility index (Phi) is 6.09. The van der Waals surface area contributed by atoms with Crippen LogP contribution in [0.3, 0.4) is 0 Å². The molecule has 0 aromatic rings. The fourth-order valence-corrected chi connectivity index (χ4v) is 2.42. The SMILES string of the molecule is CC1CC(C(=O)NCCN(C)C(C)C)CCC1N. The van der Waals surface area contributed by atoms with Crippen LogP contribution in [0.5, 0.6) is 0 Å². The minimum Gasteiger partial charge on any atom is -0.355 e. The van der Waals surface area contributed by atoms with Gasteiger partial charge in [0.2, 0.25) is 5.91 Å². The number of nitrogens with zero attached hydrogens (tertiary/aromatic N) is 1. The van der Waals surface area contributed by atoms with Crippen LogP contribution in [0.4, 0.5) is 0 Å². The highest BCUT2D eigenvalue weighted by Crippen LogP contribution is 2.27.